The number of hydrogen-bond acceptors (Lipinski definition) is 6. The summed E-state index contributed by atoms with van der Waals surface area (Å²) in [5.41, 5.74) is 1.80. The fourth-order valence-corrected chi connectivity index (χ4v) is 5.65. The molecule has 9 heteroatoms. The lowest BCUT2D eigenvalue weighted by Crippen LogP contribution is -2.50. The second kappa shape index (κ2) is 9.13. The van der Waals surface area contributed by atoms with Gasteiger partial charge in [-0.1, -0.05) is 37.3 Å². The van der Waals surface area contributed by atoms with Crippen LogP contribution in [0, 0.1) is 6.92 Å². The largest absolute Gasteiger partial charge is 0.301 e. The van der Waals surface area contributed by atoms with Gasteiger partial charge in [0.25, 0.3) is 0 Å². The third-order valence-electron chi connectivity index (χ3n) is 4.76. The molecule has 1 N–H and O–H groups in total. The molecule has 1 saturated heterocycles. The molecule has 2 aromatic rings. The molecular formula is C19H26N4O3S2. The van der Waals surface area contributed by atoms with Crippen LogP contribution < -0.4 is 5.32 Å². The first-order chi connectivity index (χ1) is 13.4. The lowest BCUT2D eigenvalue weighted by Gasteiger charge is -2.33. The van der Waals surface area contributed by atoms with Crippen LogP contribution in [-0.2, 0) is 27.0 Å². The van der Waals surface area contributed by atoms with Gasteiger partial charge in [0, 0.05) is 31.1 Å². The van der Waals surface area contributed by atoms with Gasteiger partial charge in [-0.25, -0.2) is 13.4 Å². The molecule has 1 aliphatic heterocycles. The van der Waals surface area contributed by atoms with Crippen LogP contribution in [0.1, 0.15) is 23.1 Å². The molecule has 0 saturated carbocycles. The maximum Gasteiger partial charge on any atom is 0.240 e. The molecule has 0 radical (unpaired) electrons. The first-order valence-corrected chi connectivity index (χ1v) is 11.8. The molecule has 0 unspecified atom stereocenters. The Bertz CT molecular complexity index is 905. The number of carbonyl (C=O) groups excluding carboxylic acids is 1. The Morgan fingerprint density at radius 3 is 2.46 bits per heavy atom. The molecule has 1 aliphatic rings. The molecule has 28 heavy (non-hydrogen) atoms. The van der Waals surface area contributed by atoms with E-state index < -0.39 is 10.0 Å². The van der Waals surface area contributed by atoms with Gasteiger partial charge in [-0.15, -0.1) is 11.3 Å². The standard InChI is InChI=1S/C19H26N4O3S2/c1-3-17-15(2)27-19(20-17)21-18(24)13-22-9-11-23(12-10-22)28(25,26)14-16-7-5-4-6-8-16/h4-8H,3,9-14H2,1-2H3,(H,20,21,24). The second-order valence-corrected chi connectivity index (χ2v) is 10.0. The molecular weight excluding hydrogens is 396 g/mol. The number of aryl methyl sites for hydroxylation is 2. The number of carbonyl (C=O) groups is 1. The summed E-state index contributed by atoms with van der Waals surface area (Å²) in [4.78, 5) is 19.8. The monoisotopic (exact) mass is 422 g/mol. The zero-order valence-corrected chi connectivity index (χ0v) is 17.9. The van der Waals surface area contributed by atoms with Crippen LogP contribution >= 0.6 is 11.3 Å². The first-order valence-electron chi connectivity index (χ1n) is 9.37. The van der Waals surface area contributed by atoms with Crippen LogP contribution in [0.3, 0.4) is 0 Å². The summed E-state index contributed by atoms with van der Waals surface area (Å²) < 4.78 is 26.7. The molecule has 3 rings (SSSR count). The highest BCUT2D eigenvalue weighted by molar-refractivity contribution is 7.88. The minimum Gasteiger partial charge on any atom is -0.301 e. The number of amides is 1. The van der Waals surface area contributed by atoms with Crippen molar-refractivity contribution in [2.75, 3.05) is 38.0 Å². The van der Waals surface area contributed by atoms with E-state index >= 15 is 0 Å². The zero-order valence-electron chi connectivity index (χ0n) is 16.2. The number of rotatable bonds is 7. The molecule has 1 amide bonds. The fourth-order valence-electron chi connectivity index (χ4n) is 3.21. The second-order valence-electron chi connectivity index (χ2n) is 6.84. The molecule has 1 fully saturated rings. The number of aromatic nitrogens is 1. The van der Waals surface area contributed by atoms with E-state index in [0.717, 1.165) is 22.6 Å². The van der Waals surface area contributed by atoms with Gasteiger partial charge in [-0.05, 0) is 18.9 Å². The Labute approximate surface area is 170 Å². The van der Waals surface area contributed by atoms with Gasteiger partial charge < -0.3 is 5.32 Å². The number of benzene rings is 1. The number of anilines is 1. The maximum atomic E-state index is 12.6. The number of nitrogens with one attached hydrogen (secondary N) is 1. The van der Waals surface area contributed by atoms with E-state index in [9.17, 15) is 13.2 Å². The lowest BCUT2D eigenvalue weighted by molar-refractivity contribution is -0.117. The third-order valence-corrected chi connectivity index (χ3v) is 7.54. The van der Waals surface area contributed by atoms with Crippen LogP contribution in [0.25, 0.3) is 0 Å². The van der Waals surface area contributed by atoms with E-state index in [-0.39, 0.29) is 18.2 Å². The van der Waals surface area contributed by atoms with E-state index in [2.05, 4.69) is 10.3 Å². The van der Waals surface area contributed by atoms with E-state index in [1.165, 1.54) is 15.6 Å². The van der Waals surface area contributed by atoms with Gasteiger partial charge in [0.15, 0.2) is 5.13 Å². The fraction of sp³-hybridized carbons (Fsp3) is 0.474. The molecule has 0 aliphatic carbocycles. The molecule has 2 heterocycles. The summed E-state index contributed by atoms with van der Waals surface area (Å²) >= 11 is 1.48. The predicted octanol–water partition coefficient (Wildman–Crippen LogP) is 2.10. The van der Waals surface area contributed by atoms with E-state index in [1.807, 2.05) is 49.1 Å². The lowest BCUT2D eigenvalue weighted by atomic mass is 10.2. The Balaban J connectivity index is 1.48. The number of nitrogens with zero attached hydrogens (tertiary/aromatic N) is 3. The number of thiazole rings is 1. The summed E-state index contributed by atoms with van der Waals surface area (Å²) in [6.45, 7) is 6.17. The van der Waals surface area contributed by atoms with Gasteiger partial charge in [-0.2, -0.15) is 4.31 Å². The SMILES string of the molecule is CCc1nc(NC(=O)CN2CCN(S(=O)(=O)Cc3ccccc3)CC2)sc1C. The smallest absolute Gasteiger partial charge is 0.240 e. The van der Waals surface area contributed by atoms with Crippen molar-refractivity contribution in [3.8, 4) is 0 Å². The molecule has 152 valence electrons. The van der Waals surface area contributed by atoms with Crippen LogP contribution in [0.2, 0.25) is 0 Å². The minimum atomic E-state index is -3.34. The van der Waals surface area contributed by atoms with Gasteiger partial charge in [0.05, 0.1) is 18.0 Å². The van der Waals surface area contributed by atoms with Crippen LogP contribution in [-0.4, -0.2) is 61.2 Å². The van der Waals surface area contributed by atoms with E-state index in [1.54, 1.807) is 0 Å². The van der Waals surface area contributed by atoms with Gasteiger partial charge in [0.1, 0.15) is 0 Å². The molecule has 1 aromatic carbocycles. The zero-order chi connectivity index (χ0) is 20.1. The maximum absolute atomic E-state index is 12.6. The van der Waals surface area contributed by atoms with Crippen LogP contribution in [0.5, 0.6) is 0 Å². The Hall–Kier alpha value is -1.81. The Morgan fingerprint density at radius 1 is 1.18 bits per heavy atom. The van der Waals surface area contributed by atoms with Gasteiger partial charge in [-0.3, -0.25) is 9.69 Å². The van der Waals surface area contributed by atoms with Crippen molar-refractivity contribution in [2.45, 2.75) is 26.0 Å². The highest BCUT2D eigenvalue weighted by atomic mass is 32.2. The van der Waals surface area contributed by atoms with Crippen LogP contribution in [0.15, 0.2) is 30.3 Å². The molecule has 7 nitrogen and oxygen atoms in total. The minimum absolute atomic E-state index is 0.0114. The quantitative estimate of drug-likeness (QED) is 0.739. The average molecular weight is 423 g/mol. The third kappa shape index (κ3) is 5.38. The summed E-state index contributed by atoms with van der Waals surface area (Å²) in [7, 11) is -3.34. The molecule has 0 atom stereocenters. The highest BCUT2D eigenvalue weighted by Gasteiger charge is 2.27. The first kappa shape index (κ1) is 20.9. The van der Waals surface area contributed by atoms with Crippen molar-refractivity contribution in [3.63, 3.8) is 0 Å². The molecule has 0 bridgehead atoms. The predicted molar refractivity (Wildman–Crippen MR) is 112 cm³/mol. The molecule has 0 spiro atoms. The van der Waals surface area contributed by atoms with Crippen molar-refractivity contribution in [3.05, 3.63) is 46.5 Å². The van der Waals surface area contributed by atoms with Crippen LogP contribution in [0.4, 0.5) is 5.13 Å². The average Bonchev–Trinajstić information content (AvgIpc) is 3.01. The highest BCUT2D eigenvalue weighted by Crippen LogP contribution is 2.22. The van der Waals surface area contributed by atoms with Crippen molar-refractivity contribution in [1.29, 1.82) is 0 Å². The Kier molecular flexibility index (Phi) is 6.82. The number of piperazine rings is 1. The summed E-state index contributed by atoms with van der Waals surface area (Å²) in [6.07, 6.45) is 0.845. The van der Waals surface area contributed by atoms with E-state index in [0.29, 0.717) is 31.3 Å². The van der Waals surface area contributed by atoms with Crippen molar-refractivity contribution >= 4 is 32.4 Å². The van der Waals surface area contributed by atoms with Gasteiger partial charge in [0.2, 0.25) is 15.9 Å². The topological polar surface area (TPSA) is 82.6 Å². The van der Waals surface area contributed by atoms with E-state index in [4.69, 9.17) is 0 Å². The molecule has 1 aromatic heterocycles. The number of sulfonamides is 1. The summed E-state index contributed by atoms with van der Waals surface area (Å²) in [5.74, 6) is -0.102. The summed E-state index contributed by atoms with van der Waals surface area (Å²) in [6, 6.07) is 9.20. The van der Waals surface area contributed by atoms with Crippen molar-refractivity contribution < 1.29 is 13.2 Å². The van der Waals surface area contributed by atoms with Crippen molar-refractivity contribution in [1.82, 2.24) is 14.2 Å². The number of hydrogen-bond donors (Lipinski definition) is 1. The van der Waals surface area contributed by atoms with Gasteiger partial charge >= 0.3 is 0 Å². The normalized spacial score (nSPS) is 16.2. The summed E-state index contributed by atoms with van der Waals surface area (Å²) in [5, 5.41) is 3.48. The Morgan fingerprint density at radius 2 is 1.86 bits per heavy atom. The van der Waals surface area contributed by atoms with Crippen molar-refractivity contribution in [2.24, 2.45) is 0 Å².